The largest absolute Gasteiger partial charge is 0.495 e. The molecular formula is C20H16FN5O3S. The van der Waals surface area contributed by atoms with Crippen molar-refractivity contribution in [2.45, 2.75) is 16.5 Å². The Morgan fingerprint density at radius 2 is 2.07 bits per heavy atom. The molecule has 0 bridgehead atoms. The van der Waals surface area contributed by atoms with Crippen molar-refractivity contribution in [1.29, 1.82) is 0 Å². The number of nitrogens with zero attached hydrogens (tertiary/aromatic N) is 4. The Hall–Kier alpha value is -3.66. The van der Waals surface area contributed by atoms with Gasteiger partial charge >= 0.3 is 5.69 Å². The van der Waals surface area contributed by atoms with Crippen LogP contribution in [0.5, 0.6) is 5.75 Å². The molecule has 0 saturated heterocycles. The van der Waals surface area contributed by atoms with Crippen molar-refractivity contribution in [2.75, 3.05) is 12.4 Å². The Labute approximate surface area is 174 Å². The van der Waals surface area contributed by atoms with E-state index in [1.54, 1.807) is 36.4 Å². The van der Waals surface area contributed by atoms with Crippen molar-refractivity contribution in [3.63, 3.8) is 0 Å². The molecule has 1 N–H and O–H groups in total. The molecule has 10 heteroatoms. The number of carbonyl (C=O) groups excluding carboxylic acids is 1. The summed E-state index contributed by atoms with van der Waals surface area (Å²) in [6.07, 6.45) is 2.92. The van der Waals surface area contributed by atoms with Crippen molar-refractivity contribution >= 4 is 29.0 Å². The summed E-state index contributed by atoms with van der Waals surface area (Å²) in [6.45, 7) is -0.289. The van der Waals surface area contributed by atoms with Crippen LogP contribution < -0.4 is 15.7 Å². The second-order valence-electron chi connectivity index (χ2n) is 6.17. The number of para-hydroxylation sites is 2. The lowest BCUT2D eigenvalue weighted by Crippen LogP contribution is -2.28. The normalized spacial score (nSPS) is 10.9. The Balaban J connectivity index is 1.60. The Bertz CT molecular complexity index is 1290. The molecule has 1 amide bonds. The van der Waals surface area contributed by atoms with Gasteiger partial charge in [0.1, 0.15) is 23.1 Å². The van der Waals surface area contributed by atoms with Crippen LogP contribution in [-0.4, -0.2) is 32.2 Å². The highest BCUT2D eigenvalue weighted by Crippen LogP contribution is 2.28. The number of ether oxygens (including phenoxy) is 1. The monoisotopic (exact) mass is 425 g/mol. The number of benzene rings is 2. The van der Waals surface area contributed by atoms with Crippen LogP contribution in [-0.2, 0) is 11.3 Å². The van der Waals surface area contributed by atoms with Gasteiger partial charge in [-0.25, -0.2) is 23.3 Å². The summed E-state index contributed by atoms with van der Waals surface area (Å²) in [4.78, 5) is 30.0. The molecule has 0 spiro atoms. The number of nitrogens with one attached hydrogen (secondary N) is 1. The molecule has 2 aromatic carbocycles. The number of rotatable bonds is 6. The lowest BCUT2D eigenvalue weighted by Gasteiger charge is -2.09. The number of aromatic nitrogens is 4. The maximum atomic E-state index is 13.5. The van der Waals surface area contributed by atoms with Gasteiger partial charge in [-0.3, -0.25) is 4.79 Å². The fourth-order valence-electron chi connectivity index (χ4n) is 2.82. The highest BCUT2D eigenvalue weighted by Gasteiger charge is 2.16. The zero-order chi connectivity index (χ0) is 21.1. The number of hydrogen-bond donors (Lipinski definition) is 1. The second kappa shape index (κ2) is 8.37. The summed E-state index contributed by atoms with van der Waals surface area (Å²) in [7, 11) is 1.50. The average Bonchev–Trinajstić information content (AvgIpc) is 3.05. The lowest BCUT2D eigenvalue weighted by molar-refractivity contribution is -0.117. The summed E-state index contributed by atoms with van der Waals surface area (Å²) >= 11 is 1.18. The van der Waals surface area contributed by atoms with Crippen molar-refractivity contribution in [1.82, 2.24) is 19.2 Å². The number of amides is 1. The maximum Gasteiger partial charge on any atom is 0.350 e. The number of hydrogen-bond acceptors (Lipinski definition) is 6. The van der Waals surface area contributed by atoms with Gasteiger partial charge in [0.05, 0.1) is 12.8 Å². The Kier molecular flexibility index (Phi) is 5.48. The van der Waals surface area contributed by atoms with Crippen LogP contribution in [0.15, 0.2) is 75.6 Å². The van der Waals surface area contributed by atoms with Crippen LogP contribution in [0.1, 0.15) is 0 Å². The first kappa shape index (κ1) is 19.6. The van der Waals surface area contributed by atoms with Crippen molar-refractivity contribution < 1.29 is 13.9 Å². The van der Waals surface area contributed by atoms with Gasteiger partial charge in [-0.1, -0.05) is 30.0 Å². The van der Waals surface area contributed by atoms with Crippen molar-refractivity contribution in [3.8, 4) is 5.75 Å². The third-order valence-corrected chi connectivity index (χ3v) is 5.13. The second-order valence-corrected chi connectivity index (χ2v) is 7.24. The van der Waals surface area contributed by atoms with Gasteiger partial charge in [0.2, 0.25) is 5.91 Å². The molecule has 4 aromatic rings. The minimum atomic E-state index is -0.483. The molecule has 0 aliphatic heterocycles. The lowest BCUT2D eigenvalue weighted by atomic mass is 10.3. The predicted octanol–water partition coefficient (Wildman–Crippen LogP) is 2.83. The number of methoxy groups -OCH3 is 1. The number of fused-ring (bicyclic) bond motifs is 1. The first-order valence-corrected chi connectivity index (χ1v) is 9.67. The topological polar surface area (TPSA) is 90.5 Å². The SMILES string of the molecule is COc1ccccc1NC(=O)Cn1nc2c(Sc3cccc(F)c3)nccn2c1=O. The molecule has 2 heterocycles. The Morgan fingerprint density at radius 1 is 1.23 bits per heavy atom. The quantitative estimate of drug-likeness (QED) is 0.511. The van der Waals surface area contributed by atoms with Crippen molar-refractivity contribution in [3.05, 3.63) is 77.2 Å². The number of halogens is 1. The molecular weight excluding hydrogens is 409 g/mol. The van der Waals surface area contributed by atoms with E-state index in [-0.39, 0.29) is 18.0 Å². The van der Waals surface area contributed by atoms with Crippen LogP contribution in [0.2, 0.25) is 0 Å². The summed E-state index contributed by atoms with van der Waals surface area (Å²) in [6, 6.07) is 13.0. The highest BCUT2D eigenvalue weighted by molar-refractivity contribution is 7.99. The Morgan fingerprint density at radius 3 is 2.87 bits per heavy atom. The number of carbonyl (C=O) groups is 1. The highest BCUT2D eigenvalue weighted by atomic mass is 32.2. The van der Waals surface area contributed by atoms with E-state index in [0.717, 1.165) is 4.68 Å². The summed E-state index contributed by atoms with van der Waals surface area (Å²) in [5, 5.41) is 7.38. The zero-order valence-electron chi connectivity index (χ0n) is 15.8. The van der Waals surface area contributed by atoms with E-state index in [1.165, 1.54) is 47.8 Å². The van der Waals surface area contributed by atoms with Gasteiger partial charge in [0.15, 0.2) is 5.65 Å². The third-order valence-electron chi connectivity index (χ3n) is 4.15. The fraction of sp³-hybridized carbons (Fsp3) is 0.100. The van der Waals surface area contributed by atoms with E-state index in [9.17, 15) is 14.0 Å². The standard InChI is InChI=1S/C20H16FN5O3S/c1-29-16-8-3-2-7-15(16)23-17(27)12-26-20(28)25-10-9-22-19(18(25)24-26)30-14-6-4-5-13(21)11-14/h2-11H,12H2,1H3,(H,23,27). The van der Waals surface area contributed by atoms with Gasteiger partial charge < -0.3 is 10.1 Å². The maximum absolute atomic E-state index is 13.5. The van der Waals surface area contributed by atoms with Gasteiger partial charge in [0, 0.05) is 17.3 Å². The fourth-order valence-corrected chi connectivity index (χ4v) is 3.70. The third kappa shape index (κ3) is 4.03. The van der Waals surface area contributed by atoms with E-state index in [0.29, 0.717) is 21.4 Å². The minimum absolute atomic E-state index is 0.279. The minimum Gasteiger partial charge on any atom is -0.495 e. The first-order chi connectivity index (χ1) is 14.5. The van der Waals surface area contributed by atoms with Crippen LogP contribution >= 0.6 is 11.8 Å². The van der Waals surface area contributed by atoms with E-state index >= 15 is 0 Å². The summed E-state index contributed by atoms with van der Waals surface area (Å²) in [5.74, 6) is -0.300. The van der Waals surface area contributed by atoms with Crippen LogP contribution in [0.25, 0.3) is 5.65 Å². The van der Waals surface area contributed by atoms with Gasteiger partial charge in [0.25, 0.3) is 0 Å². The molecule has 0 unspecified atom stereocenters. The van der Waals surface area contributed by atoms with E-state index in [2.05, 4.69) is 15.4 Å². The van der Waals surface area contributed by atoms with E-state index < -0.39 is 11.6 Å². The molecule has 0 fully saturated rings. The zero-order valence-corrected chi connectivity index (χ0v) is 16.6. The van der Waals surface area contributed by atoms with Crippen molar-refractivity contribution in [2.24, 2.45) is 0 Å². The number of anilines is 1. The van der Waals surface area contributed by atoms with Crippen LogP contribution in [0.3, 0.4) is 0 Å². The van der Waals surface area contributed by atoms with Crippen LogP contribution in [0, 0.1) is 5.82 Å². The molecule has 30 heavy (non-hydrogen) atoms. The van der Waals surface area contributed by atoms with E-state index in [1.807, 2.05) is 0 Å². The average molecular weight is 425 g/mol. The molecule has 0 radical (unpaired) electrons. The van der Waals surface area contributed by atoms with Gasteiger partial charge in [-0.2, -0.15) is 0 Å². The molecule has 152 valence electrons. The molecule has 0 aliphatic carbocycles. The molecule has 0 aliphatic rings. The first-order valence-electron chi connectivity index (χ1n) is 8.85. The smallest absolute Gasteiger partial charge is 0.350 e. The molecule has 0 atom stereocenters. The van der Waals surface area contributed by atoms with E-state index in [4.69, 9.17) is 4.74 Å². The molecule has 8 nitrogen and oxygen atoms in total. The summed E-state index contributed by atoms with van der Waals surface area (Å²) < 4.78 is 21.0. The molecule has 4 rings (SSSR count). The van der Waals surface area contributed by atoms with Gasteiger partial charge in [-0.05, 0) is 30.3 Å². The predicted molar refractivity (Wildman–Crippen MR) is 109 cm³/mol. The summed E-state index contributed by atoms with van der Waals surface area (Å²) in [5.41, 5.74) is 0.288. The molecule has 2 aromatic heterocycles. The van der Waals surface area contributed by atoms with Gasteiger partial charge in [-0.15, -0.1) is 5.10 Å². The molecule has 0 saturated carbocycles. The van der Waals surface area contributed by atoms with Crippen LogP contribution in [0.4, 0.5) is 10.1 Å².